The molecule has 0 spiro atoms. The molecule has 0 aliphatic carbocycles. The zero-order chi connectivity index (χ0) is 19.2. The maximum Gasteiger partial charge on any atom is 0.320 e. The number of aryl methyl sites for hydroxylation is 1. The second-order valence-corrected chi connectivity index (χ2v) is 7.26. The molecule has 1 unspecified atom stereocenters. The Hall–Kier alpha value is -2.09. The second-order valence-electron chi connectivity index (χ2n) is 7.26. The van der Waals surface area contributed by atoms with Crippen LogP contribution >= 0.6 is 0 Å². The van der Waals surface area contributed by atoms with Crippen molar-refractivity contribution in [3.63, 3.8) is 0 Å². The van der Waals surface area contributed by atoms with E-state index in [1.54, 1.807) is 7.11 Å². The highest BCUT2D eigenvalue weighted by molar-refractivity contribution is 5.83. The predicted octanol–water partition coefficient (Wildman–Crippen LogP) is 3.19. The molecular formula is C19H31N5O3. The Labute approximate surface area is 160 Å². The van der Waals surface area contributed by atoms with Crippen LogP contribution in [0.3, 0.4) is 0 Å². The molecule has 0 bridgehead atoms. The van der Waals surface area contributed by atoms with Gasteiger partial charge in [0.1, 0.15) is 0 Å². The zero-order valence-electron chi connectivity index (χ0n) is 16.6. The van der Waals surface area contributed by atoms with Gasteiger partial charge in [-0.2, -0.15) is 15.0 Å². The van der Waals surface area contributed by atoms with Crippen molar-refractivity contribution >= 4 is 17.0 Å². The number of rotatable bonds is 10. The van der Waals surface area contributed by atoms with Gasteiger partial charge in [0.15, 0.2) is 17.0 Å². The summed E-state index contributed by atoms with van der Waals surface area (Å²) in [5, 5.41) is 0. The lowest BCUT2D eigenvalue weighted by atomic mass is 10.0. The molecule has 1 aliphatic heterocycles. The summed E-state index contributed by atoms with van der Waals surface area (Å²) in [4.78, 5) is 13.3. The first-order chi connectivity index (χ1) is 13.1. The predicted molar refractivity (Wildman–Crippen MR) is 104 cm³/mol. The van der Waals surface area contributed by atoms with Crippen LogP contribution in [0.5, 0.6) is 12.0 Å². The van der Waals surface area contributed by atoms with E-state index in [1.165, 1.54) is 12.8 Å². The van der Waals surface area contributed by atoms with Crippen molar-refractivity contribution in [2.45, 2.75) is 65.0 Å². The molecule has 8 heteroatoms. The number of fused-ring (bicyclic) bond motifs is 1. The van der Waals surface area contributed by atoms with Crippen LogP contribution in [0.25, 0.3) is 11.2 Å². The van der Waals surface area contributed by atoms with Crippen LogP contribution in [0.1, 0.15) is 52.4 Å². The third-order valence-electron chi connectivity index (χ3n) is 5.02. The van der Waals surface area contributed by atoms with E-state index in [2.05, 4.69) is 21.9 Å². The van der Waals surface area contributed by atoms with E-state index in [4.69, 9.17) is 19.9 Å². The van der Waals surface area contributed by atoms with Gasteiger partial charge in [0, 0.05) is 19.8 Å². The van der Waals surface area contributed by atoms with Crippen LogP contribution in [-0.2, 0) is 11.3 Å². The van der Waals surface area contributed by atoms with Gasteiger partial charge in [-0.05, 0) is 38.5 Å². The van der Waals surface area contributed by atoms with E-state index < -0.39 is 0 Å². The van der Waals surface area contributed by atoms with Crippen LogP contribution in [0.2, 0.25) is 0 Å². The monoisotopic (exact) mass is 377 g/mol. The number of nitrogen functional groups attached to an aromatic ring is 1. The molecule has 0 amide bonds. The fraction of sp³-hybridized carbons (Fsp3) is 0.737. The van der Waals surface area contributed by atoms with Crippen molar-refractivity contribution in [1.29, 1.82) is 0 Å². The van der Waals surface area contributed by atoms with Crippen molar-refractivity contribution in [2.24, 2.45) is 5.92 Å². The van der Waals surface area contributed by atoms with E-state index in [0.29, 0.717) is 34.9 Å². The third-order valence-corrected chi connectivity index (χ3v) is 5.02. The molecule has 2 N–H and O–H groups in total. The Kier molecular flexibility index (Phi) is 6.71. The number of ether oxygens (including phenoxy) is 3. The molecule has 1 saturated heterocycles. The lowest BCUT2D eigenvalue weighted by molar-refractivity contribution is 0.183. The van der Waals surface area contributed by atoms with Gasteiger partial charge in [-0.25, -0.2) is 0 Å². The fourth-order valence-corrected chi connectivity index (χ4v) is 3.55. The number of hydrogen-bond acceptors (Lipinski definition) is 7. The van der Waals surface area contributed by atoms with E-state index in [0.717, 1.165) is 45.4 Å². The molecule has 150 valence electrons. The summed E-state index contributed by atoms with van der Waals surface area (Å²) >= 11 is 0. The number of imidazole rings is 1. The number of hydrogen-bond donors (Lipinski definition) is 1. The molecule has 27 heavy (non-hydrogen) atoms. The molecule has 0 saturated carbocycles. The van der Waals surface area contributed by atoms with Gasteiger partial charge < -0.3 is 19.9 Å². The minimum absolute atomic E-state index is 0.0405. The second kappa shape index (κ2) is 9.21. The summed E-state index contributed by atoms with van der Waals surface area (Å²) in [7, 11) is 1.61. The molecule has 8 nitrogen and oxygen atoms in total. The van der Waals surface area contributed by atoms with Gasteiger partial charge in [-0.3, -0.25) is 4.57 Å². The number of unbranched alkanes of at least 4 members (excludes halogenated alkanes) is 1. The summed E-state index contributed by atoms with van der Waals surface area (Å²) in [6.07, 6.45) is 6.54. The van der Waals surface area contributed by atoms with E-state index >= 15 is 0 Å². The highest BCUT2D eigenvalue weighted by atomic mass is 16.5. The molecular weight excluding hydrogens is 346 g/mol. The molecule has 2 atom stereocenters. The summed E-state index contributed by atoms with van der Waals surface area (Å²) in [6, 6.07) is 0.807. The Balaban J connectivity index is 1.74. The Morgan fingerprint density at radius 2 is 2.15 bits per heavy atom. The van der Waals surface area contributed by atoms with E-state index in [9.17, 15) is 0 Å². The first-order valence-corrected chi connectivity index (χ1v) is 9.94. The SMILES string of the molecule is CCC[C@H](C)Oc1nc(N)c2nc(OC)n(CCCCC3CCOC3)c2n1. The highest BCUT2D eigenvalue weighted by Gasteiger charge is 2.19. The number of nitrogens with two attached hydrogens (primary N) is 1. The summed E-state index contributed by atoms with van der Waals surface area (Å²) in [6.45, 7) is 6.71. The molecule has 0 radical (unpaired) electrons. The number of nitrogens with zero attached hydrogens (tertiary/aromatic N) is 4. The minimum atomic E-state index is 0.0405. The number of methoxy groups -OCH3 is 1. The lowest BCUT2D eigenvalue weighted by Gasteiger charge is -2.13. The van der Waals surface area contributed by atoms with Crippen molar-refractivity contribution < 1.29 is 14.2 Å². The fourth-order valence-electron chi connectivity index (χ4n) is 3.55. The largest absolute Gasteiger partial charge is 0.468 e. The van der Waals surface area contributed by atoms with Crippen molar-refractivity contribution in [2.75, 3.05) is 26.1 Å². The van der Waals surface area contributed by atoms with Gasteiger partial charge >= 0.3 is 6.01 Å². The maximum atomic E-state index is 6.10. The Morgan fingerprint density at radius 1 is 1.30 bits per heavy atom. The first kappa shape index (κ1) is 19.7. The normalized spacial score (nSPS) is 18.1. The smallest absolute Gasteiger partial charge is 0.320 e. The van der Waals surface area contributed by atoms with Crippen LogP contribution in [-0.4, -0.2) is 45.9 Å². The molecule has 2 aromatic rings. The van der Waals surface area contributed by atoms with Gasteiger partial charge in [0.2, 0.25) is 0 Å². The van der Waals surface area contributed by atoms with Crippen LogP contribution in [0, 0.1) is 5.92 Å². The summed E-state index contributed by atoms with van der Waals surface area (Å²) in [5.74, 6) is 1.02. The molecule has 0 aromatic carbocycles. The van der Waals surface area contributed by atoms with E-state index in [-0.39, 0.29) is 6.10 Å². The van der Waals surface area contributed by atoms with Gasteiger partial charge in [-0.15, -0.1) is 0 Å². The molecule has 1 fully saturated rings. The van der Waals surface area contributed by atoms with Crippen LogP contribution in [0.15, 0.2) is 0 Å². The number of aromatic nitrogens is 4. The van der Waals surface area contributed by atoms with Gasteiger partial charge in [0.05, 0.1) is 13.2 Å². The van der Waals surface area contributed by atoms with Crippen molar-refractivity contribution in [3.8, 4) is 12.0 Å². The molecule has 3 heterocycles. The summed E-state index contributed by atoms with van der Waals surface area (Å²) < 4.78 is 18.7. The van der Waals surface area contributed by atoms with Gasteiger partial charge in [0.25, 0.3) is 6.01 Å². The lowest BCUT2D eigenvalue weighted by Crippen LogP contribution is -2.14. The Bertz CT molecular complexity index is 743. The zero-order valence-corrected chi connectivity index (χ0v) is 16.6. The third kappa shape index (κ3) is 4.80. The maximum absolute atomic E-state index is 6.10. The number of anilines is 1. The minimum Gasteiger partial charge on any atom is -0.468 e. The topological polar surface area (TPSA) is 97.3 Å². The van der Waals surface area contributed by atoms with E-state index in [1.807, 2.05) is 11.5 Å². The van der Waals surface area contributed by atoms with Crippen LogP contribution in [0.4, 0.5) is 5.82 Å². The average molecular weight is 377 g/mol. The molecule has 2 aromatic heterocycles. The molecule has 1 aliphatic rings. The van der Waals surface area contributed by atoms with Crippen molar-refractivity contribution in [1.82, 2.24) is 19.5 Å². The van der Waals surface area contributed by atoms with Crippen molar-refractivity contribution in [3.05, 3.63) is 0 Å². The summed E-state index contributed by atoms with van der Waals surface area (Å²) in [5.41, 5.74) is 7.34. The average Bonchev–Trinajstić information content (AvgIpc) is 3.27. The highest BCUT2D eigenvalue weighted by Crippen LogP contribution is 2.27. The van der Waals surface area contributed by atoms with Crippen LogP contribution < -0.4 is 15.2 Å². The van der Waals surface area contributed by atoms with Gasteiger partial charge in [-0.1, -0.05) is 19.8 Å². The molecule has 3 rings (SSSR count). The standard InChI is InChI=1S/C19H31N5O3/c1-4-7-13(2)27-18-22-16(20)15-17(23-18)24(19(21-15)25-3)10-6-5-8-14-9-11-26-12-14/h13-14H,4-12H2,1-3H3,(H2,20,22,23)/t13-,14?/m0/s1. The first-order valence-electron chi connectivity index (χ1n) is 9.94. The Morgan fingerprint density at radius 3 is 2.85 bits per heavy atom. The quantitative estimate of drug-likeness (QED) is 0.635.